The van der Waals surface area contributed by atoms with Crippen molar-refractivity contribution in [2.75, 3.05) is 11.9 Å². The molecule has 2 aliphatic rings. The van der Waals surface area contributed by atoms with Gasteiger partial charge in [0.25, 0.3) is 5.56 Å². The molecule has 0 aromatic carbocycles. The van der Waals surface area contributed by atoms with E-state index in [4.69, 9.17) is 0 Å². The minimum atomic E-state index is 0.0431. The highest BCUT2D eigenvalue weighted by Crippen LogP contribution is 2.37. The Hall–Kier alpha value is -1.32. The highest BCUT2D eigenvalue weighted by Gasteiger charge is 2.29. The van der Waals surface area contributed by atoms with Crippen LogP contribution < -0.4 is 10.9 Å². The summed E-state index contributed by atoms with van der Waals surface area (Å²) < 4.78 is 1.83. The minimum Gasteiger partial charge on any atom is -0.365 e. The summed E-state index contributed by atoms with van der Waals surface area (Å²) in [6.45, 7) is 3.17. The van der Waals surface area contributed by atoms with Crippen LogP contribution in [0.5, 0.6) is 0 Å². The topological polar surface area (TPSA) is 46.9 Å². The lowest BCUT2D eigenvalue weighted by Crippen LogP contribution is -2.29. The monoisotopic (exact) mass is 247 g/mol. The molecule has 0 amide bonds. The number of hydrogen-bond donors (Lipinski definition) is 1. The molecule has 0 bridgehead atoms. The third-order valence-corrected chi connectivity index (χ3v) is 4.30. The van der Waals surface area contributed by atoms with E-state index in [1.807, 2.05) is 10.8 Å². The molecule has 2 aliphatic carbocycles. The van der Waals surface area contributed by atoms with E-state index in [9.17, 15) is 4.79 Å². The minimum absolute atomic E-state index is 0.0431. The van der Waals surface area contributed by atoms with Gasteiger partial charge >= 0.3 is 0 Å². The molecule has 1 aromatic heterocycles. The van der Waals surface area contributed by atoms with Crippen LogP contribution in [-0.2, 0) is 0 Å². The maximum atomic E-state index is 12.2. The van der Waals surface area contributed by atoms with Crippen molar-refractivity contribution in [1.29, 1.82) is 0 Å². The fourth-order valence-electron chi connectivity index (χ4n) is 2.89. The molecule has 2 saturated carbocycles. The Labute approximate surface area is 107 Å². The maximum absolute atomic E-state index is 12.2. The van der Waals surface area contributed by atoms with Gasteiger partial charge in [-0.05, 0) is 31.1 Å². The molecule has 0 aliphatic heterocycles. The normalized spacial score (nSPS) is 22.1. The van der Waals surface area contributed by atoms with Crippen LogP contribution in [0.15, 0.2) is 17.2 Å². The summed E-state index contributed by atoms with van der Waals surface area (Å²) in [5, 5.41) is 3.27. The molecule has 0 spiro atoms. The second-order valence-corrected chi connectivity index (χ2v) is 6.09. The largest absolute Gasteiger partial charge is 0.365 e. The van der Waals surface area contributed by atoms with Gasteiger partial charge in [-0.15, -0.1) is 0 Å². The van der Waals surface area contributed by atoms with Gasteiger partial charge in [-0.3, -0.25) is 4.79 Å². The SMILES string of the molecule is CC1(CNc2nccn(C3CC3)c2=O)CCCC1. The molecule has 1 N–H and O–H groups in total. The van der Waals surface area contributed by atoms with Crippen LogP contribution in [0.25, 0.3) is 0 Å². The first-order chi connectivity index (χ1) is 8.68. The molecule has 1 heterocycles. The fraction of sp³-hybridized carbons (Fsp3) is 0.714. The van der Waals surface area contributed by atoms with E-state index in [0.717, 1.165) is 19.4 Å². The van der Waals surface area contributed by atoms with Crippen molar-refractivity contribution in [3.8, 4) is 0 Å². The van der Waals surface area contributed by atoms with Gasteiger partial charge in [-0.1, -0.05) is 19.8 Å². The van der Waals surface area contributed by atoms with Crippen LogP contribution in [0.3, 0.4) is 0 Å². The highest BCUT2D eigenvalue weighted by molar-refractivity contribution is 5.31. The lowest BCUT2D eigenvalue weighted by Gasteiger charge is -2.23. The van der Waals surface area contributed by atoms with Crippen LogP contribution in [0.1, 0.15) is 51.5 Å². The average molecular weight is 247 g/mol. The van der Waals surface area contributed by atoms with Crippen LogP contribution in [0, 0.1) is 5.41 Å². The smallest absolute Gasteiger partial charge is 0.293 e. The number of nitrogens with zero attached hydrogens (tertiary/aromatic N) is 2. The van der Waals surface area contributed by atoms with E-state index in [1.54, 1.807) is 6.20 Å². The van der Waals surface area contributed by atoms with Gasteiger partial charge in [-0.25, -0.2) is 4.98 Å². The lowest BCUT2D eigenvalue weighted by atomic mass is 9.89. The first-order valence-corrected chi connectivity index (χ1v) is 6.99. The number of hydrogen-bond acceptors (Lipinski definition) is 3. The van der Waals surface area contributed by atoms with Crippen LogP contribution >= 0.6 is 0 Å². The van der Waals surface area contributed by atoms with Gasteiger partial charge in [-0.2, -0.15) is 0 Å². The molecule has 0 radical (unpaired) electrons. The molecular formula is C14H21N3O. The Morgan fingerprint density at radius 1 is 1.44 bits per heavy atom. The maximum Gasteiger partial charge on any atom is 0.293 e. The highest BCUT2D eigenvalue weighted by atomic mass is 16.1. The average Bonchev–Trinajstić information content (AvgIpc) is 3.11. The first kappa shape index (κ1) is 11.8. The van der Waals surface area contributed by atoms with Gasteiger partial charge in [0.1, 0.15) is 0 Å². The Morgan fingerprint density at radius 3 is 2.83 bits per heavy atom. The van der Waals surface area contributed by atoms with Crippen molar-refractivity contribution < 1.29 is 0 Å². The summed E-state index contributed by atoms with van der Waals surface area (Å²) in [6.07, 6.45) is 10.9. The van der Waals surface area contributed by atoms with Gasteiger partial charge < -0.3 is 9.88 Å². The van der Waals surface area contributed by atoms with E-state index in [0.29, 0.717) is 17.3 Å². The predicted octanol–water partition coefficient (Wildman–Crippen LogP) is 2.57. The molecule has 18 heavy (non-hydrogen) atoms. The van der Waals surface area contributed by atoms with Crippen molar-refractivity contribution in [3.63, 3.8) is 0 Å². The van der Waals surface area contributed by atoms with Crippen LogP contribution in [-0.4, -0.2) is 16.1 Å². The molecule has 0 unspecified atom stereocenters. The fourth-order valence-corrected chi connectivity index (χ4v) is 2.89. The van der Waals surface area contributed by atoms with Crippen molar-refractivity contribution in [1.82, 2.24) is 9.55 Å². The molecule has 2 fully saturated rings. The molecule has 3 rings (SSSR count). The van der Waals surface area contributed by atoms with Gasteiger partial charge in [0.05, 0.1) is 0 Å². The first-order valence-electron chi connectivity index (χ1n) is 6.99. The second-order valence-electron chi connectivity index (χ2n) is 6.09. The molecule has 1 aromatic rings. The van der Waals surface area contributed by atoms with Gasteiger partial charge in [0.2, 0.25) is 0 Å². The lowest BCUT2D eigenvalue weighted by molar-refractivity contribution is 0.361. The standard InChI is InChI=1S/C14H21N3O/c1-14(6-2-3-7-14)10-16-12-13(18)17(9-8-15-12)11-4-5-11/h8-9,11H,2-7,10H2,1H3,(H,15,16). The van der Waals surface area contributed by atoms with E-state index in [-0.39, 0.29) is 5.56 Å². The zero-order valence-corrected chi connectivity index (χ0v) is 11.0. The molecule has 4 heteroatoms. The number of anilines is 1. The molecule has 0 atom stereocenters. The zero-order chi connectivity index (χ0) is 12.6. The van der Waals surface area contributed by atoms with Crippen LogP contribution in [0.2, 0.25) is 0 Å². The third kappa shape index (κ3) is 2.28. The van der Waals surface area contributed by atoms with Gasteiger partial charge in [0.15, 0.2) is 5.82 Å². The molecule has 0 saturated heterocycles. The quantitative estimate of drug-likeness (QED) is 0.889. The number of nitrogens with one attached hydrogen (secondary N) is 1. The summed E-state index contributed by atoms with van der Waals surface area (Å²) >= 11 is 0. The van der Waals surface area contributed by atoms with E-state index >= 15 is 0 Å². The summed E-state index contributed by atoms with van der Waals surface area (Å²) in [6, 6.07) is 0.420. The molecular weight excluding hydrogens is 226 g/mol. The number of aromatic nitrogens is 2. The van der Waals surface area contributed by atoms with Crippen molar-refractivity contribution in [2.45, 2.75) is 51.5 Å². The van der Waals surface area contributed by atoms with Crippen molar-refractivity contribution in [2.24, 2.45) is 5.41 Å². The predicted molar refractivity (Wildman–Crippen MR) is 71.8 cm³/mol. The van der Waals surface area contributed by atoms with E-state index in [2.05, 4.69) is 17.2 Å². The summed E-state index contributed by atoms with van der Waals surface area (Å²) in [4.78, 5) is 16.4. The number of rotatable bonds is 4. The van der Waals surface area contributed by atoms with Gasteiger partial charge in [0, 0.05) is 25.0 Å². The summed E-state index contributed by atoms with van der Waals surface area (Å²) in [7, 11) is 0. The Kier molecular flexibility index (Phi) is 2.88. The summed E-state index contributed by atoms with van der Waals surface area (Å²) in [5.41, 5.74) is 0.385. The Bertz CT molecular complexity index is 484. The Balaban J connectivity index is 1.72. The van der Waals surface area contributed by atoms with Crippen LogP contribution in [0.4, 0.5) is 5.82 Å². The summed E-state index contributed by atoms with van der Waals surface area (Å²) in [5.74, 6) is 0.525. The van der Waals surface area contributed by atoms with Crippen molar-refractivity contribution in [3.05, 3.63) is 22.7 Å². The van der Waals surface area contributed by atoms with Crippen molar-refractivity contribution >= 4 is 5.82 Å². The zero-order valence-electron chi connectivity index (χ0n) is 11.0. The molecule has 4 nitrogen and oxygen atoms in total. The van der Waals surface area contributed by atoms with E-state index < -0.39 is 0 Å². The molecule has 98 valence electrons. The second kappa shape index (κ2) is 4.41. The third-order valence-electron chi connectivity index (χ3n) is 4.30. The van der Waals surface area contributed by atoms with E-state index in [1.165, 1.54) is 25.7 Å². The Morgan fingerprint density at radius 2 is 2.17 bits per heavy atom.